The van der Waals surface area contributed by atoms with Crippen LogP contribution in [0.5, 0.6) is 0 Å². The molecule has 2 rings (SSSR count). The van der Waals surface area contributed by atoms with Gasteiger partial charge in [0.15, 0.2) is 5.82 Å². The molecule has 7 heteroatoms. The van der Waals surface area contributed by atoms with Gasteiger partial charge in [0.1, 0.15) is 5.82 Å². The molecule has 0 aliphatic rings. The van der Waals surface area contributed by atoms with E-state index in [1.54, 1.807) is 11.8 Å². The molecule has 0 saturated carbocycles. The smallest absolute Gasteiger partial charge is 0.237 e. The maximum atomic E-state index is 12.1. The third-order valence-corrected chi connectivity index (χ3v) is 4.61. The van der Waals surface area contributed by atoms with E-state index in [0.29, 0.717) is 18.2 Å². The average molecular weight is 333 g/mol. The fourth-order valence-corrected chi connectivity index (χ4v) is 2.96. The van der Waals surface area contributed by atoms with Gasteiger partial charge in [-0.05, 0) is 43.4 Å². The van der Waals surface area contributed by atoms with Crippen LogP contribution in [-0.4, -0.2) is 32.1 Å². The average Bonchev–Trinajstić information content (AvgIpc) is 3.04. The third kappa shape index (κ3) is 5.07. The number of hydrogen-bond acceptors (Lipinski definition) is 5. The number of carbonyl (C=O) groups is 1. The number of benzene rings is 1. The van der Waals surface area contributed by atoms with Crippen molar-refractivity contribution in [1.29, 1.82) is 0 Å². The lowest BCUT2D eigenvalue weighted by molar-refractivity contribution is -0.115. The Morgan fingerprint density at radius 3 is 2.74 bits per heavy atom. The van der Waals surface area contributed by atoms with Crippen LogP contribution in [0.4, 0.5) is 5.69 Å². The molecule has 1 atom stereocenters. The number of carbonyl (C=O) groups excluding carboxylic acids is 1. The van der Waals surface area contributed by atoms with Crippen LogP contribution in [0, 0.1) is 0 Å². The maximum absolute atomic E-state index is 12.1. The van der Waals surface area contributed by atoms with Gasteiger partial charge < -0.3 is 11.1 Å². The number of nitrogens with two attached hydrogens (primary N) is 1. The van der Waals surface area contributed by atoms with Crippen molar-refractivity contribution >= 4 is 23.4 Å². The van der Waals surface area contributed by atoms with Crippen molar-refractivity contribution in [3.8, 4) is 11.4 Å². The van der Waals surface area contributed by atoms with Crippen LogP contribution < -0.4 is 11.1 Å². The molecule has 0 aliphatic heterocycles. The van der Waals surface area contributed by atoms with E-state index < -0.39 is 0 Å². The van der Waals surface area contributed by atoms with E-state index in [1.807, 2.05) is 31.2 Å². The highest BCUT2D eigenvalue weighted by atomic mass is 32.2. The Morgan fingerprint density at radius 2 is 2.13 bits per heavy atom. The van der Waals surface area contributed by atoms with Crippen LogP contribution in [0.15, 0.2) is 24.3 Å². The largest absolute Gasteiger partial charge is 0.325 e. The van der Waals surface area contributed by atoms with Crippen molar-refractivity contribution in [3.63, 3.8) is 0 Å². The summed E-state index contributed by atoms with van der Waals surface area (Å²) >= 11 is 1.69. The second-order valence-electron chi connectivity index (χ2n) is 5.24. The van der Waals surface area contributed by atoms with Gasteiger partial charge in [0.2, 0.25) is 5.91 Å². The first-order valence-corrected chi connectivity index (χ1v) is 8.83. The second-order valence-corrected chi connectivity index (χ2v) is 6.69. The number of aromatic amines is 1. The Bertz CT molecular complexity index is 626. The van der Waals surface area contributed by atoms with Crippen molar-refractivity contribution in [2.75, 3.05) is 11.1 Å². The quantitative estimate of drug-likeness (QED) is 0.645. The summed E-state index contributed by atoms with van der Waals surface area (Å²) in [6.07, 6.45) is 2.29. The molecule has 1 amide bonds. The lowest BCUT2D eigenvalue weighted by Gasteiger charge is -2.12. The molecular weight excluding hydrogens is 310 g/mol. The first-order chi connectivity index (χ1) is 11.1. The molecule has 4 N–H and O–H groups in total. The van der Waals surface area contributed by atoms with Crippen LogP contribution >= 0.6 is 11.8 Å². The zero-order valence-corrected chi connectivity index (χ0v) is 14.3. The highest BCUT2D eigenvalue weighted by molar-refractivity contribution is 8.00. The Kier molecular flexibility index (Phi) is 6.61. The fraction of sp³-hybridized carbons (Fsp3) is 0.438. The van der Waals surface area contributed by atoms with Gasteiger partial charge in [-0.15, -0.1) is 11.8 Å². The van der Waals surface area contributed by atoms with Crippen molar-refractivity contribution < 1.29 is 4.79 Å². The minimum absolute atomic E-state index is 0.0298. The lowest BCUT2D eigenvalue weighted by Crippen LogP contribution is -2.22. The zero-order valence-electron chi connectivity index (χ0n) is 13.5. The normalized spacial score (nSPS) is 12.1. The molecule has 23 heavy (non-hydrogen) atoms. The number of unbranched alkanes of at least 4 members (excludes halogenated alkanes) is 1. The SMILES string of the molecule is CCCCSC(C)C(=O)Nc1ccc(-c2n[nH]c(CN)n2)cc1. The highest BCUT2D eigenvalue weighted by Gasteiger charge is 2.13. The summed E-state index contributed by atoms with van der Waals surface area (Å²) in [5.41, 5.74) is 7.16. The predicted octanol–water partition coefficient (Wildman–Crippen LogP) is 2.79. The van der Waals surface area contributed by atoms with Crippen molar-refractivity contribution in [1.82, 2.24) is 15.2 Å². The Labute approximate surface area is 140 Å². The molecule has 2 aromatic rings. The van der Waals surface area contributed by atoms with Crippen molar-refractivity contribution in [2.45, 2.75) is 38.5 Å². The van der Waals surface area contributed by atoms with Gasteiger partial charge in [-0.25, -0.2) is 4.98 Å². The van der Waals surface area contributed by atoms with Gasteiger partial charge in [0.05, 0.1) is 11.8 Å². The molecule has 6 nitrogen and oxygen atoms in total. The number of hydrogen-bond donors (Lipinski definition) is 3. The molecule has 124 valence electrons. The van der Waals surface area contributed by atoms with Crippen LogP contribution in [0.25, 0.3) is 11.4 Å². The number of rotatable bonds is 8. The summed E-state index contributed by atoms with van der Waals surface area (Å²) in [7, 11) is 0. The number of nitrogens with zero attached hydrogens (tertiary/aromatic N) is 2. The summed E-state index contributed by atoms with van der Waals surface area (Å²) < 4.78 is 0. The number of aromatic nitrogens is 3. The van der Waals surface area contributed by atoms with Gasteiger partial charge in [-0.2, -0.15) is 5.10 Å². The number of amides is 1. The van der Waals surface area contributed by atoms with E-state index in [4.69, 9.17) is 5.73 Å². The van der Waals surface area contributed by atoms with E-state index in [1.165, 1.54) is 0 Å². The molecule has 1 unspecified atom stereocenters. The highest BCUT2D eigenvalue weighted by Crippen LogP contribution is 2.19. The van der Waals surface area contributed by atoms with Crippen LogP contribution in [0.1, 0.15) is 32.5 Å². The number of thioether (sulfide) groups is 1. The van der Waals surface area contributed by atoms with E-state index in [0.717, 1.165) is 29.8 Å². The molecule has 0 radical (unpaired) electrons. The van der Waals surface area contributed by atoms with E-state index in [-0.39, 0.29) is 11.2 Å². The summed E-state index contributed by atoms with van der Waals surface area (Å²) in [6, 6.07) is 7.48. The molecule has 1 aromatic carbocycles. The van der Waals surface area contributed by atoms with E-state index in [9.17, 15) is 4.79 Å². The Morgan fingerprint density at radius 1 is 1.39 bits per heavy atom. The van der Waals surface area contributed by atoms with Crippen molar-refractivity contribution in [2.24, 2.45) is 5.73 Å². The Hall–Kier alpha value is -1.86. The summed E-state index contributed by atoms with van der Waals surface area (Å²) in [6.45, 7) is 4.41. The number of H-pyrrole nitrogens is 1. The minimum Gasteiger partial charge on any atom is -0.325 e. The standard InChI is InChI=1S/C16H23N5OS/c1-3-4-9-23-11(2)16(22)18-13-7-5-12(6-8-13)15-19-14(10-17)20-21-15/h5-8,11H,3-4,9-10,17H2,1-2H3,(H,18,22)(H,19,20,21). The molecule has 0 saturated heterocycles. The minimum atomic E-state index is -0.0543. The topological polar surface area (TPSA) is 96.7 Å². The van der Waals surface area contributed by atoms with Gasteiger partial charge in [0, 0.05) is 11.3 Å². The van der Waals surface area contributed by atoms with Gasteiger partial charge >= 0.3 is 0 Å². The van der Waals surface area contributed by atoms with Crippen molar-refractivity contribution in [3.05, 3.63) is 30.1 Å². The second kappa shape index (κ2) is 8.69. The van der Waals surface area contributed by atoms with Crippen LogP contribution in [-0.2, 0) is 11.3 Å². The summed E-state index contributed by atoms with van der Waals surface area (Å²) in [5.74, 6) is 2.29. The van der Waals surface area contributed by atoms with Gasteiger partial charge in [-0.3, -0.25) is 9.89 Å². The molecule has 0 spiro atoms. The van der Waals surface area contributed by atoms with Gasteiger partial charge in [0.25, 0.3) is 0 Å². The number of nitrogens with one attached hydrogen (secondary N) is 2. The first-order valence-electron chi connectivity index (χ1n) is 7.78. The molecular formula is C16H23N5OS. The summed E-state index contributed by atoms with van der Waals surface area (Å²) in [5, 5.41) is 9.77. The van der Waals surface area contributed by atoms with E-state index >= 15 is 0 Å². The monoisotopic (exact) mass is 333 g/mol. The van der Waals surface area contributed by atoms with Crippen LogP contribution in [0.3, 0.4) is 0 Å². The molecule has 1 aromatic heterocycles. The predicted molar refractivity (Wildman–Crippen MR) is 95.2 cm³/mol. The summed E-state index contributed by atoms with van der Waals surface area (Å²) in [4.78, 5) is 16.4. The molecule has 1 heterocycles. The van der Waals surface area contributed by atoms with Gasteiger partial charge in [-0.1, -0.05) is 13.3 Å². The number of anilines is 1. The molecule has 0 fully saturated rings. The molecule has 0 bridgehead atoms. The first kappa shape index (κ1) is 17.5. The van der Waals surface area contributed by atoms with Crippen LogP contribution in [0.2, 0.25) is 0 Å². The fourth-order valence-electron chi connectivity index (χ4n) is 1.94. The zero-order chi connectivity index (χ0) is 16.7. The molecule has 0 aliphatic carbocycles. The third-order valence-electron chi connectivity index (χ3n) is 3.37. The maximum Gasteiger partial charge on any atom is 0.237 e. The Balaban J connectivity index is 1.93. The van der Waals surface area contributed by atoms with E-state index in [2.05, 4.69) is 27.4 Å². The lowest BCUT2D eigenvalue weighted by atomic mass is 10.2.